The first-order valence-corrected chi connectivity index (χ1v) is 6.42. The van der Waals surface area contributed by atoms with Crippen LogP contribution in [0.2, 0.25) is 0 Å². The van der Waals surface area contributed by atoms with Crippen LogP contribution < -0.4 is 10.6 Å². The molecule has 0 aromatic heterocycles. The molecule has 1 amide bonds. The van der Waals surface area contributed by atoms with Crippen LogP contribution in [0.15, 0.2) is 24.3 Å². The molecule has 3 unspecified atom stereocenters. The Balaban J connectivity index is 1.96. The van der Waals surface area contributed by atoms with Crippen molar-refractivity contribution in [1.29, 1.82) is 0 Å². The van der Waals surface area contributed by atoms with Gasteiger partial charge in [-0.15, -0.1) is 0 Å². The van der Waals surface area contributed by atoms with Gasteiger partial charge in [-0.3, -0.25) is 4.79 Å². The molecule has 2 N–H and O–H groups in total. The van der Waals surface area contributed by atoms with Crippen LogP contribution in [0.1, 0.15) is 18.5 Å². The van der Waals surface area contributed by atoms with Crippen molar-refractivity contribution < 1.29 is 13.9 Å². The highest BCUT2D eigenvalue weighted by Crippen LogP contribution is 2.17. The zero-order chi connectivity index (χ0) is 13.8. The molecule has 1 fully saturated rings. The van der Waals surface area contributed by atoms with Crippen molar-refractivity contribution in [2.75, 3.05) is 20.3 Å². The molecule has 0 radical (unpaired) electrons. The summed E-state index contributed by atoms with van der Waals surface area (Å²) < 4.78 is 18.2. The standard InChI is InChI=1S/C14H19FN2O2/c1-9(10-3-5-11(15)6-4-10)17-14(18)12-7-19-8-13(12)16-2/h3-6,9,12-13,16H,7-8H2,1-2H3,(H,17,18). The average molecular weight is 266 g/mol. The molecule has 104 valence electrons. The Labute approximate surface area is 112 Å². The summed E-state index contributed by atoms with van der Waals surface area (Å²) in [6, 6.07) is 6.06. The minimum absolute atomic E-state index is 0.0336. The summed E-state index contributed by atoms with van der Waals surface area (Å²) in [4.78, 5) is 12.2. The lowest BCUT2D eigenvalue weighted by atomic mass is 10.0. The molecule has 5 heteroatoms. The largest absolute Gasteiger partial charge is 0.379 e. The zero-order valence-electron chi connectivity index (χ0n) is 11.2. The summed E-state index contributed by atoms with van der Waals surface area (Å²) in [6.45, 7) is 2.88. The van der Waals surface area contributed by atoms with E-state index in [9.17, 15) is 9.18 Å². The van der Waals surface area contributed by atoms with Crippen LogP contribution in [0.25, 0.3) is 0 Å². The second kappa shape index (κ2) is 6.12. The molecular weight excluding hydrogens is 247 g/mol. The van der Waals surface area contributed by atoms with Crippen molar-refractivity contribution in [1.82, 2.24) is 10.6 Å². The fourth-order valence-electron chi connectivity index (χ4n) is 2.25. The van der Waals surface area contributed by atoms with Crippen molar-refractivity contribution in [3.63, 3.8) is 0 Å². The van der Waals surface area contributed by atoms with Crippen LogP contribution in [0, 0.1) is 11.7 Å². The summed E-state index contributed by atoms with van der Waals surface area (Å²) >= 11 is 0. The van der Waals surface area contributed by atoms with Gasteiger partial charge in [-0.2, -0.15) is 0 Å². The molecule has 3 atom stereocenters. The van der Waals surface area contributed by atoms with Crippen molar-refractivity contribution in [2.45, 2.75) is 19.0 Å². The van der Waals surface area contributed by atoms with E-state index < -0.39 is 0 Å². The Morgan fingerprint density at radius 1 is 1.37 bits per heavy atom. The third kappa shape index (κ3) is 3.30. The maximum Gasteiger partial charge on any atom is 0.227 e. The molecule has 1 aromatic carbocycles. The minimum Gasteiger partial charge on any atom is -0.379 e. The van der Waals surface area contributed by atoms with E-state index in [-0.39, 0.29) is 29.7 Å². The fourth-order valence-corrected chi connectivity index (χ4v) is 2.25. The molecule has 1 heterocycles. The maximum atomic E-state index is 12.8. The predicted octanol–water partition coefficient (Wildman–Crippen LogP) is 1.24. The van der Waals surface area contributed by atoms with Gasteiger partial charge < -0.3 is 15.4 Å². The molecule has 0 spiro atoms. The van der Waals surface area contributed by atoms with E-state index in [0.717, 1.165) is 5.56 Å². The first-order chi connectivity index (χ1) is 9.11. The Bertz CT molecular complexity index is 436. The lowest BCUT2D eigenvalue weighted by molar-refractivity contribution is -0.126. The third-order valence-electron chi connectivity index (χ3n) is 3.52. The van der Waals surface area contributed by atoms with Gasteiger partial charge in [-0.1, -0.05) is 12.1 Å². The van der Waals surface area contributed by atoms with Crippen LogP contribution in [0.3, 0.4) is 0 Å². The lowest BCUT2D eigenvalue weighted by Gasteiger charge is -2.20. The number of hydrogen-bond acceptors (Lipinski definition) is 3. The molecule has 0 saturated carbocycles. The number of amides is 1. The van der Waals surface area contributed by atoms with Gasteiger partial charge in [0, 0.05) is 6.04 Å². The number of halogens is 1. The van der Waals surface area contributed by atoms with E-state index in [1.165, 1.54) is 12.1 Å². The van der Waals surface area contributed by atoms with Gasteiger partial charge in [0.15, 0.2) is 0 Å². The molecule has 19 heavy (non-hydrogen) atoms. The van der Waals surface area contributed by atoms with Crippen LogP contribution >= 0.6 is 0 Å². The molecule has 4 nitrogen and oxygen atoms in total. The topological polar surface area (TPSA) is 50.4 Å². The summed E-state index contributed by atoms with van der Waals surface area (Å²) in [5, 5.41) is 6.02. The van der Waals surface area contributed by atoms with E-state index >= 15 is 0 Å². The number of nitrogens with one attached hydrogen (secondary N) is 2. The summed E-state index contributed by atoms with van der Waals surface area (Å²) in [7, 11) is 1.82. The van der Waals surface area contributed by atoms with Crippen LogP contribution in [-0.2, 0) is 9.53 Å². The Morgan fingerprint density at radius 2 is 2.05 bits per heavy atom. The average Bonchev–Trinajstić information content (AvgIpc) is 2.87. The molecule has 1 saturated heterocycles. The highest BCUT2D eigenvalue weighted by atomic mass is 19.1. The van der Waals surface area contributed by atoms with Crippen LogP contribution in [-0.4, -0.2) is 32.2 Å². The molecule has 1 aliphatic heterocycles. The van der Waals surface area contributed by atoms with Crippen molar-refractivity contribution >= 4 is 5.91 Å². The molecule has 1 aliphatic rings. The zero-order valence-corrected chi connectivity index (χ0v) is 11.2. The molecule has 0 bridgehead atoms. The van der Waals surface area contributed by atoms with Gasteiger partial charge >= 0.3 is 0 Å². The maximum absolute atomic E-state index is 12.8. The van der Waals surface area contributed by atoms with Gasteiger partial charge in [0.05, 0.1) is 25.2 Å². The van der Waals surface area contributed by atoms with Gasteiger partial charge in [0.25, 0.3) is 0 Å². The third-order valence-corrected chi connectivity index (χ3v) is 3.52. The summed E-state index contributed by atoms with van der Waals surface area (Å²) in [5.74, 6) is -0.483. The molecule has 2 rings (SSSR count). The monoisotopic (exact) mass is 266 g/mol. The van der Waals surface area contributed by atoms with Crippen molar-refractivity contribution in [3.05, 3.63) is 35.6 Å². The van der Waals surface area contributed by atoms with E-state index in [1.54, 1.807) is 12.1 Å². The number of hydrogen-bond donors (Lipinski definition) is 2. The first-order valence-electron chi connectivity index (χ1n) is 6.42. The number of carbonyl (C=O) groups is 1. The smallest absolute Gasteiger partial charge is 0.227 e. The highest BCUT2D eigenvalue weighted by Gasteiger charge is 2.33. The van der Waals surface area contributed by atoms with Gasteiger partial charge in [-0.05, 0) is 31.7 Å². The predicted molar refractivity (Wildman–Crippen MR) is 70.1 cm³/mol. The van der Waals surface area contributed by atoms with Crippen LogP contribution in [0.5, 0.6) is 0 Å². The SMILES string of the molecule is CNC1COCC1C(=O)NC(C)c1ccc(F)cc1. The Hall–Kier alpha value is -1.46. The van der Waals surface area contributed by atoms with E-state index in [0.29, 0.717) is 13.2 Å². The van der Waals surface area contributed by atoms with E-state index in [4.69, 9.17) is 4.74 Å². The molecule has 0 aliphatic carbocycles. The van der Waals surface area contributed by atoms with Crippen molar-refractivity contribution in [2.24, 2.45) is 5.92 Å². The lowest BCUT2D eigenvalue weighted by Crippen LogP contribution is -2.43. The fraction of sp³-hybridized carbons (Fsp3) is 0.500. The van der Waals surface area contributed by atoms with Gasteiger partial charge in [0.2, 0.25) is 5.91 Å². The van der Waals surface area contributed by atoms with Gasteiger partial charge in [-0.25, -0.2) is 4.39 Å². The number of carbonyl (C=O) groups excluding carboxylic acids is 1. The minimum atomic E-state index is -0.276. The first kappa shape index (κ1) is 14.0. The van der Waals surface area contributed by atoms with Gasteiger partial charge in [0.1, 0.15) is 5.82 Å². The second-order valence-electron chi connectivity index (χ2n) is 4.82. The number of benzene rings is 1. The molecule has 1 aromatic rings. The van der Waals surface area contributed by atoms with E-state index in [1.807, 2.05) is 14.0 Å². The quantitative estimate of drug-likeness (QED) is 0.862. The highest BCUT2D eigenvalue weighted by molar-refractivity contribution is 5.80. The Morgan fingerprint density at radius 3 is 2.68 bits per heavy atom. The second-order valence-corrected chi connectivity index (χ2v) is 4.82. The summed E-state index contributed by atoms with van der Waals surface area (Å²) in [5.41, 5.74) is 0.884. The normalized spacial score (nSPS) is 24.2. The summed E-state index contributed by atoms with van der Waals surface area (Å²) in [6.07, 6.45) is 0. The Kier molecular flexibility index (Phi) is 4.50. The number of ether oxygens (including phenoxy) is 1. The molecular formula is C14H19FN2O2. The van der Waals surface area contributed by atoms with Crippen LogP contribution in [0.4, 0.5) is 4.39 Å². The number of likely N-dealkylation sites (N-methyl/N-ethyl adjacent to an activating group) is 1. The number of rotatable bonds is 4. The van der Waals surface area contributed by atoms with E-state index in [2.05, 4.69) is 10.6 Å². The van der Waals surface area contributed by atoms with Crippen molar-refractivity contribution in [3.8, 4) is 0 Å².